The molecule has 1 aromatic rings. The van der Waals surface area contributed by atoms with Crippen LogP contribution in [0.2, 0.25) is 0 Å². The average Bonchev–Trinajstić information content (AvgIpc) is 2.70. The first-order valence-corrected chi connectivity index (χ1v) is 6.73. The fraction of sp³-hybridized carbons (Fsp3) is 0.417. The largest absolute Gasteiger partial charge is 0.409 e. The van der Waals surface area contributed by atoms with Crippen molar-refractivity contribution in [3.8, 4) is 0 Å². The van der Waals surface area contributed by atoms with Crippen molar-refractivity contribution in [2.24, 2.45) is 10.9 Å². The molecule has 1 heterocycles. The van der Waals surface area contributed by atoms with Crippen LogP contribution in [0.25, 0.3) is 0 Å². The molecule has 0 aliphatic carbocycles. The number of benzene rings is 1. The van der Waals surface area contributed by atoms with Crippen molar-refractivity contribution in [3.05, 3.63) is 28.0 Å². The van der Waals surface area contributed by atoms with Crippen molar-refractivity contribution >= 4 is 27.5 Å². The maximum Gasteiger partial charge on any atom is 0.171 e. The molecule has 5 nitrogen and oxygen atoms in total. The molecule has 0 aromatic heterocycles. The summed E-state index contributed by atoms with van der Waals surface area (Å²) in [6.07, 6.45) is 0.860. The molecule has 0 amide bonds. The number of halogens is 2. The van der Waals surface area contributed by atoms with Gasteiger partial charge in [-0.25, -0.2) is 4.39 Å². The molecule has 0 unspecified atom stereocenters. The fourth-order valence-corrected chi connectivity index (χ4v) is 2.56. The Balaban J connectivity index is 2.34. The Hall–Kier alpha value is -1.34. The van der Waals surface area contributed by atoms with Gasteiger partial charge in [-0.15, -0.1) is 0 Å². The number of nitrogens with two attached hydrogens (primary N) is 1. The van der Waals surface area contributed by atoms with Gasteiger partial charge in [0.1, 0.15) is 0 Å². The highest BCUT2D eigenvalue weighted by Gasteiger charge is 2.19. The average molecular weight is 332 g/mol. The Morgan fingerprint density at radius 2 is 2.21 bits per heavy atom. The van der Waals surface area contributed by atoms with Crippen molar-refractivity contribution < 1.29 is 14.3 Å². The zero-order chi connectivity index (χ0) is 13.8. The lowest BCUT2D eigenvalue weighted by Gasteiger charge is -2.23. The van der Waals surface area contributed by atoms with Gasteiger partial charge in [0.15, 0.2) is 11.7 Å². The molecule has 7 heteroatoms. The van der Waals surface area contributed by atoms with Gasteiger partial charge in [0.2, 0.25) is 0 Å². The van der Waals surface area contributed by atoms with Crippen LogP contribution in [0, 0.1) is 5.82 Å². The van der Waals surface area contributed by atoms with Crippen LogP contribution in [0.15, 0.2) is 21.8 Å². The van der Waals surface area contributed by atoms with E-state index >= 15 is 0 Å². The monoisotopic (exact) mass is 331 g/mol. The smallest absolute Gasteiger partial charge is 0.171 e. The van der Waals surface area contributed by atoms with Crippen LogP contribution in [-0.4, -0.2) is 37.3 Å². The number of rotatable bonds is 2. The second-order valence-electron chi connectivity index (χ2n) is 4.20. The van der Waals surface area contributed by atoms with Gasteiger partial charge < -0.3 is 20.6 Å². The van der Waals surface area contributed by atoms with Crippen LogP contribution in [0.5, 0.6) is 0 Å². The summed E-state index contributed by atoms with van der Waals surface area (Å²) in [7, 11) is 0. The third-order valence-corrected chi connectivity index (χ3v) is 3.78. The summed E-state index contributed by atoms with van der Waals surface area (Å²) < 4.78 is 19.9. The molecule has 2 rings (SSSR count). The maximum absolute atomic E-state index is 14.4. The SMILES string of the molecule is N/C(=N/O)c1ccc(N2CCCOCC2)c(F)c1Br. The molecule has 0 bridgehead atoms. The van der Waals surface area contributed by atoms with Gasteiger partial charge in [0.25, 0.3) is 0 Å². The maximum atomic E-state index is 14.4. The number of nitrogens with zero attached hydrogens (tertiary/aromatic N) is 2. The number of ether oxygens (including phenoxy) is 1. The number of anilines is 1. The summed E-state index contributed by atoms with van der Waals surface area (Å²) in [5.41, 5.74) is 6.31. The Labute approximate surface area is 119 Å². The van der Waals surface area contributed by atoms with E-state index in [1.54, 1.807) is 12.1 Å². The van der Waals surface area contributed by atoms with E-state index in [1.807, 2.05) is 4.90 Å². The summed E-state index contributed by atoms with van der Waals surface area (Å²) in [5, 5.41) is 11.5. The summed E-state index contributed by atoms with van der Waals surface area (Å²) in [4.78, 5) is 1.93. The zero-order valence-corrected chi connectivity index (χ0v) is 11.9. The summed E-state index contributed by atoms with van der Waals surface area (Å²) >= 11 is 3.15. The van der Waals surface area contributed by atoms with E-state index in [0.717, 1.165) is 13.0 Å². The molecule has 1 saturated heterocycles. The second kappa shape index (κ2) is 6.21. The first-order valence-electron chi connectivity index (χ1n) is 5.93. The molecular weight excluding hydrogens is 317 g/mol. The fourth-order valence-electron chi connectivity index (χ4n) is 2.02. The van der Waals surface area contributed by atoms with E-state index in [-0.39, 0.29) is 10.3 Å². The summed E-state index contributed by atoms with van der Waals surface area (Å²) in [6.45, 7) is 2.67. The number of hydrogen-bond acceptors (Lipinski definition) is 4. The van der Waals surface area contributed by atoms with E-state index in [0.29, 0.717) is 31.0 Å². The summed E-state index contributed by atoms with van der Waals surface area (Å²) in [6, 6.07) is 3.27. The molecule has 0 atom stereocenters. The van der Waals surface area contributed by atoms with Crippen LogP contribution in [-0.2, 0) is 4.74 Å². The van der Waals surface area contributed by atoms with Gasteiger partial charge >= 0.3 is 0 Å². The highest BCUT2D eigenvalue weighted by molar-refractivity contribution is 9.10. The molecule has 0 radical (unpaired) electrons. The van der Waals surface area contributed by atoms with Crippen LogP contribution in [0.1, 0.15) is 12.0 Å². The van der Waals surface area contributed by atoms with Gasteiger partial charge in [-0.1, -0.05) is 5.16 Å². The van der Waals surface area contributed by atoms with Crippen LogP contribution < -0.4 is 10.6 Å². The standard InChI is InChI=1S/C12H15BrFN3O2/c13-10-8(12(15)16-18)2-3-9(11(10)14)17-4-1-6-19-7-5-17/h2-3,18H,1,4-7H2,(H2,15,16). The Kier molecular flexibility index (Phi) is 4.60. The normalized spacial score (nSPS) is 17.4. The Bertz CT molecular complexity index is 488. The number of oxime groups is 1. The van der Waals surface area contributed by atoms with Gasteiger partial charge in [0.05, 0.1) is 16.8 Å². The molecule has 3 N–H and O–H groups in total. The lowest BCUT2D eigenvalue weighted by atomic mass is 10.1. The highest BCUT2D eigenvalue weighted by atomic mass is 79.9. The quantitative estimate of drug-likeness (QED) is 0.376. The highest BCUT2D eigenvalue weighted by Crippen LogP contribution is 2.30. The van der Waals surface area contributed by atoms with E-state index in [1.165, 1.54) is 0 Å². The van der Waals surface area contributed by atoms with Crippen molar-refractivity contribution in [2.75, 3.05) is 31.2 Å². The molecule has 104 valence electrons. The lowest BCUT2D eigenvalue weighted by Crippen LogP contribution is -2.27. The van der Waals surface area contributed by atoms with E-state index in [2.05, 4.69) is 21.1 Å². The minimum Gasteiger partial charge on any atom is -0.409 e. The number of hydrogen-bond donors (Lipinski definition) is 2. The molecule has 19 heavy (non-hydrogen) atoms. The molecule has 0 saturated carbocycles. The predicted octanol–water partition coefficient (Wildman–Crippen LogP) is 1.91. The topological polar surface area (TPSA) is 71.1 Å². The van der Waals surface area contributed by atoms with Crippen molar-refractivity contribution in [2.45, 2.75) is 6.42 Å². The summed E-state index contributed by atoms with van der Waals surface area (Å²) in [5.74, 6) is -0.539. The molecule has 1 fully saturated rings. The zero-order valence-electron chi connectivity index (χ0n) is 10.3. The minimum absolute atomic E-state index is 0.128. The minimum atomic E-state index is -0.411. The first-order chi connectivity index (χ1) is 9.15. The molecule has 0 spiro atoms. The van der Waals surface area contributed by atoms with Crippen LogP contribution in [0.4, 0.5) is 10.1 Å². The van der Waals surface area contributed by atoms with Crippen molar-refractivity contribution in [1.82, 2.24) is 0 Å². The van der Waals surface area contributed by atoms with Crippen LogP contribution in [0.3, 0.4) is 0 Å². The molecular formula is C12H15BrFN3O2. The third-order valence-electron chi connectivity index (χ3n) is 3.01. The lowest BCUT2D eigenvalue weighted by molar-refractivity contribution is 0.152. The van der Waals surface area contributed by atoms with Gasteiger partial charge in [-0.05, 0) is 34.5 Å². The molecule has 1 aliphatic rings. The molecule has 1 aliphatic heterocycles. The first kappa shape index (κ1) is 14.1. The second-order valence-corrected chi connectivity index (χ2v) is 4.99. The third kappa shape index (κ3) is 2.98. The van der Waals surface area contributed by atoms with E-state index in [4.69, 9.17) is 15.7 Å². The predicted molar refractivity (Wildman–Crippen MR) is 74.3 cm³/mol. The van der Waals surface area contributed by atoms with Crippen molar-refractivity contribution in [3.63, 3.8) is 0 Å². The van der Waals surface area contributed by atoms with Gasteiger partial charge in [0, 0.05) is 25.3 Å². The van der Waals surface area contributed by atoms with Crippen molar-refractivity contribution in [1.29, 1.82) is 0 Å². The molecule has 1 aromatic carbocycles. The number of amidine groups is 1. The van der Waals surface area contributed by atoms with E-state index < -0.39 is 5.82 Å². The Morgan fingerprint density at radius 1 is 1.42 bits per heavy atom. The Morgan fingerprint density at radius 3 is 2.95 bits per heavy atom. The van der Waals surface area contributed by atoms with Crippen LogP contribution >= 0.6 is 15.9 Å². The van der Waals surface area contributed by atoms with E-state index in [9.17, 15) is 4.39 Å². The van der Waals surface area contributed by atoms with Gasteiger partial charge in [-0.3, -0.25) is 0 Å². The van der Waals surface area contributed by atoms with Gasteiger partial charge in [-0.2, -0.15) is 0 Å².